The zero-order valence-corrected chi connectivity index (χ0v) is 14.6. The average molecular weight is 352 g/mol. The van der Waals surface area contributed by atoms with E-state index in [4.69, 9.17) is 14.7 Å². The van der Waals surface area contributed by atoms with Crippen molar-refractivity contribution in [2.24, 2.45) is 0 Å². The van der Waals surface area contributed by atoms with Crippen molar-refractivity contribution in [3.8, 4) is 17.6 Å². The molecule has 1 amide bonds. The van der Waals surface area contributed by atoms with Crippen molar-refractivity contribution in [1.82, 2.24) is 10.9 Å². The molecule has 7 heteroatoms. The molecule has 1 aliphatic rings. The molecule has 2 unspecified atom stereocenters. The second-order valence-electron chi connectivity index (χ2n) is 5.92. The first kappa shape index (κ1) is 17.7. The number of amides is 1. The molecule has 1 saturated heterocycles. The van der Waals surface area contributed by atoms with E-state index < -0.39 is 0 Å². The number of carbonyl (C=O) groups excluding carboxylic acids is 1. The maximum atomic E-state index is 12.5. The van der Waals surface area contributed by atoms with E-state index in [1.54, 1.807) is 38.5 Å². The molecule has 0 spiro atoms. The van der Waals surface area contributed by atoms with Gasteiger partial charge in [-0.1, -0.05) is 6.07 Å². The van der Waals surface area contributed by atoms with E-state index in [1.807, 2.05) is 24.3 Å². The van der Waals surface area contributed by atoms with Gasteiger partial charge in [-0.25, -0.2) is 10.9 Å². The molecule has 1 heterocycles. The van der Waals surface area contributed by atoms with Crippen LogP contribution in [0.25, 0.3) is 0 Å². The Kier molecular flexibility index (Phi) is 5.37. The van der Waals surface area contributed by atoms with E-state index in [0.29, 0.717) is 29.2 Å². The highest BCUT2D eigenvalue weighted by atomic mass is 16.5. The molecular formula is C19H20N4O3. The van der Waals surface area contributed by atoms with Gasteiger partial charge in [0.15, 0.2) is 0 Å². The molecule has 134 valence electrons. The fraction of sp³-hybridized carbons (Fsp3) is 0.263. The summed E-state index contributed by atoms with van der Waals surface area (Å²) in [5.74, 6) is 1.28. The zero-order chi connectivity index (χ0) is 18.5. The molecule has 0 saturated carbocycles. The van der Waals surface area contributed by atoms with Crippen LogP contribution in [0.4, 0.5) is 5.69 Å². The van der Waals surface area contributed by atoms with Crippen LogP contribution in [0.15, 0.2) is 42.5 Å². The number of benzene rings is 2. The predicted octanol–water partition coefficient (Wildman–Crippen LogP) is 2.12. The monoisotopic (exact) mass is 352 g/mol. The Morgan fingerprint density at radius 1 is 1.15 bits per heavy atom. The molecule has 3 rings (SSSR count). The van der Waals surface area contributed by atoms with Crippen LogP contribution in [0, 0.1) is 11.3 Å². The van der Waals surface area contributed by atoms with Gasteiger partial charge >= 0.3 is 0 Å². The maximum absolute atomic E-state index is 12.5. The Morgan fingerprint density at radius 3 is 2.58 bits per heavy atom. The second-order valence-corrected chi connectivity index (χ2v) is 5.92. The van der Waals surface area contributed by atoms with Gasteiger partial charge in [0.05, 0.1) is 31.9 Å². The van der Waals surface area contributed by atoms with Gasteiger partial charge in [-0.05, 0) is 36.8 Å². The number of hydrogen-bond donors (Lipinski definition) is 3. The van der Waals surface area contributed by atoms with Crippen molar-refractivity contribution in [3.63, 3.8) is 0 Å². The number of methoxy groups -OCH3 is 2. The molecule has 3 N–H and O–H groups in total. The first-order valence-electron chi connectivity index (χ1n) is 8.18. The number of ether oxygens (including phenoxy) is 2. The Hall–Kier alpha value is -3.08. The fourth-order valence-electron chi connectivity index (χ4n) is 2.90. The SMILES string of the molecule is COc1ccc(C2CC(C(=O)Nc3ccc(C#N)cc3)NN2)c(OC)c1. The number of rotatable bonds is 5. The average Bonchev–Trinajstić information content (AvgIpc) is 3.18. The van der Waals surface area contributed by atoms with Crippen molar-refractivity contribution < 1.29 is 14.3 Å². The topological polar surface area (TPSA) is 95.4 Å². The van der Waals surface area contributed by atoms with Crippen molar-refractivity contribution >= 4 is 11.6 Å². The van der Waals surface area contributed by atoms with Crippen LogP contribution in [0.5, 0.6) is 11.5 Å². The minimum atomic E-state index is -0.387. The van der Waals surface area contributed by atoms with Gasteiger partial charge in [0.1, 0.15) is 17.5 Å². The normalized spacial score (nSPS) is 18.8. The van der Waals surface area contributed by atoms with E-state index in [9.17, 15) is 4.79 Å². The summed E-state index contributed by atoms with van der Waals surface area (Å²) in [4.78, 5) is 12.5. The van der Waals surface area contributed by atoms with Crippen LogP contribution < -0.4 is 25.6 Å². The molecule has 0 radical (unpaired) electrons. The van der Waals surface area contributed by atoms with Gasteiger partial charge in [-0.3, -0.25) is 4.79 Å². The largest absolute Gasteiger partial charge is 0.497 e. The van der Waals surface area contributed by atoms with Crippen molar-refractivity contribution in [2.45, 2.75) is 18.5 Å². The summed E-state index contributed by atoms with van der Waals surface area (Å²) in [7, 11) is 3.21. The third-order valence-corrected chi connectivity index (χ3v) is 4.32. The lowest BCUT2D eigenvalue weighted by atomic mass is 10.0. The second kappa shape index (κ2) is 7.87. The summed E-state index contributed by atoms with van der Waals surface area (Å²) >= 11 is 0. The van der Waals surface area contributed by atoms with Gasteiger partial charge in [0.2, 0.25) is 5.91 Å². The molecule has 0 bridgehead atoms. The van der Waals surface area contributed by atoms with E-state index in [1.165, 1.54) is 0 Å². The highest BCUT2D eigenvalue weighted by Gasteiger charge is 2.31. The summed E-state index contributed by atoms with van der Waals surface area (Å²) in [6.07, 6.45) is 0.574. The van der Waals surface area contributed by atoms with Gasteiger partial charge < -0.3 is 14.8 Å². The quantitative estimate of drug-likeness (QED) is 0.763. The first-order valence-corrected chi connectivity index (χ1v) is 8.18. The summed E-state index contributed by atoms with van der Waals surface area (Å²) in [5.41, 5.74) is 8.33. The first-order chi connectivity index (χ1) is 12.6. The van der Waals surface area contributed by atoms with E-state index in [0.717, 1.165) is 5.56 Å². The van der Waals surface area contributed by atoms with Crippen molar-refractivity contribution in [1.29, 1.82) is 5.26 Å². The Labute approximate surface area is 151 Å². The van der Waals surface area contributed by atoms with Crippen LogP contribution >= 0.6 is 0 Å². The Balaban J connectivity index is 1.66. The number of nitrogens with one attached hydrogen (secondary N) is 3. The molecule has 1 aliphatic heterocycles. The van der Waals surface area contributed by atoms with Crippen LogP contribution in [-0.2, 0) is 4.79 Å². The minimum absolute atomic E-state index is 0.0624. The number of carbonyl (C=O) groups is 1. The molecule has 2 atom stereocenters. The number of nitrogens with zero attached hydrogens (tertiary/aromatic N) is 1. The summed E-state index contributed by atoms with van der Waals surface area (Å²) in [6.45, 7) is 0. The standard InChI is InChI=1S/C19H20N4O3/c1-25-14-7-8-15(18(9-14)26-2)16-10-17(23-22-16)19(24)21-13-5-3-12(11-20)4-6-13/h3-9,16-17,22-23H,10H2,1-2H3,(H,21,24). The zero-order valence-electron chi connectivity index (χ0n) is 14.6. The highest BCUT2D eigenvalue weighted by Crippen LogP contribution is 2.33. The summed E-state index contributed by atoms with van der Waals surface area (Å²) in [5, 5.41) is 11.7. The lowest BCUT2D eigenvalue weighted by molar-refractivity contribution is -0.117. The van der Waals surface area contributed by atoms with E-state index in [2.05, 4.69) is 16.2 Å². The molecular weight excluding hydrogens is 332 g/mol. The Morgan fingerprint density at radius 2 is 1.92 bits per heavy atom. The maximum Gasteiger partial charge on any atom is 0.242 e. The number of hydrogen-bond acceptors (Lipinski definition) is 6. The van der Waals surface area contributed by atoms with Crippen molar-refractivity contribution in [2.75, 3.05) is 19.5 Å². The number of hydrazine groups is 1. The molecule has 1 fully saturated rings. The lowest BCUT2D eigenvalue weighted by Gasteiger charge is -2.15. The smallest absolute Gasteiger partial charge is 0.242 e. The number of nitriles is 1. The predicted molar refractivity (Wildman–Crippen MR) is 96.8 cm³/mol. The van der Waals surface area contributed by atoms with Gasteiger partial charge in [-0.15, -0.1) is 0 Å². The van der Waals surface area contributed by atoms with Crippen LogP contribution in [-0.4, -0.2) is 26.2 Å². The minimum Gasteiger partial charge on any atom is -0.497 e. The molecule has 26 heavy (non-hydrogen) atoms. The molecule has 0 aliphatic carbocycles. The molecule has 2 aromatic rings. The van der Waals surface area contributed by atoms with Gasteiger partial charge in [0.25, 0.3) is 0 Å². The van der Waals surface area contributed by atoms with Crippen LogP contribution in [0.1, 0.15) is 23.6 Å². The van der Waals surface area contributed by atoms with Crippen LogP contribution in [0.3, 0.4) is 0 Å². The van der Waals surface area contributed by atoms with E-state index >= 15 is 0 Å². The Bertz CT molecular complexity index is 830. The fourth-order valence-corrected chi connectivity index (χ4v) is 2.90. The molecule has 0 aromatic heterocycles. The lowest BCUT2D eigenvalue weighted by Crippen LogP contribution is -2.39. The molecule has 7 nitrogen and oxygen atoms in total. The van der Waals surface area contributed by atoms with Gasteiger partial charge in [-0.2, -0.15) is 5.26 Å². The third kappa shape index (κ3) is 3.77. The molecule has 2 aromatic carbocycles. The summed E-state index contributed by atoms with van der Waals surface area (Å²) < 4.78 is 10.7. The van der Waals surface area contributed by atoms with Crippen molar-refractivity contribution in [3.05, 3.63) is 53.6 Å². The highest BCUT2D eigenvalue weighted by molar-refractivity contribution is 5.95. The summed E-state index contributed by atoms with van der Waals surface area (Å²) in [6, 6.07) is 14.0. The van der Waals surface area contributed by atoms with E-state index in [-0.39, 0.29) is 18.0 Å². The van der Waals surface area contributed by atoms with Crippen LogP contribution in [0.2, 0.25) is 0 Å². The third-order valence-electron chi connectivity index (χ3n) is 4.32. The number of anilines is 1. The van der Waals surface area contributed by atoms with Gasteiger partial charge in [0, 0.05) is 17.3 Å².